The van der Waals surface area contributed by atoms with Crippen LogP contribution in [0.1, 0.15) is 10.6 Å². The molecule has 1 aliphatic rings. The molecule has 9 nitrogen and oxygen atoms in total. The smallest absolute Gasteiger partial charge is 0.359 e. The van der Waals surface area contributed by atoms with Crippen LogP contribution in [0.5, 0.6) is 0 Å². The second-order valence-electron chi connectivity index (χ2n) is 7.68. The highest BCUT2D eigenvalue weighted by Gasteiger charge is 2.42. The summed E-state index contributed by atoms with van der Waals surface area (Å²) < 4.78 is 9.24. The molecule has 0 bridgehead atoms. The zero-order chi connectivity index (χ0) is 22.4. The average Bonchev–Trinajstić information content (AvgIpc) is 3.43. The Hall–Kier alpha value is -4.27. The Morgan fingerprint density at radius 2 is 1.88 bits per heavy atom. The molecule has 0 saturated carbocycles. The van der Waals surface area contributed by atoms with Gasteiger partial charge in [-0.25, -0.2) is 14.6 Å². The van der Waals surface area contributed by atoms with Crippen LogP contribution in [0.15, 0.2) is 75.1 Å². The normalized spacial score (nSPS) is 14.9. The third-order valence-corrected chi connectivity index (χ3v) is 5.55. The minimum Gasteiger partial charge on any atom is -0.469 e. The SMILES string of the molecule is Cn1cc(-c2nc(-c3ccccc3)c[n+]3c2NC(Cc2ccco2)C3=O)c(=O)n(C)c1=O. The van der Waals surface area contributed by atoms with E-state index >= 15 is 0 Å². The Balaban J connectivity index is 1.72. The van der Waals surface area contributed by atoms with Gasteiger partial charge in [-0.05, 0) is 12.1 Å². The Bertz CT molecular complexity index is 1450. The summed E-state index contributed by atoms with van der Waals surface area (Å²) in [6, 6.07) is 12.4. The second kappa shape index (κ2) is 7.45. The lowest BCUT2D eigenvalue weighted by molar-refractivity contribution is -0.551. The molecule has 4 heterocycles. The van der Waals surface area contributed by atoms with Crippen molar-refractivity contribution in [2.45, 2.75) is 12.5 Å². The van der Waals surface area contributed by atoms with E-state index < -0.39 is 17.3 Å². The second-order valence-corrected chi connectivity index (χ2v) is 7.68. The molecule has 3 aromatic heterocycles. The van der Waals surface area contributed by atoms with Crippen LogP contribution in [-0.2, 0) is 20.5 Å². The summed E-state index contributed by atoms with van der Waals surface area (Å²) in [5, 5.41) is 3.20. The molecule has 160 valence electrons. The minimum atomic E-state index is -0.580. The first-order valence-corrected chi connectivity index (χ1v) is 10.1. The number of furan rings is 1. The van der Waals surface area contributed by atoms with Crippen molar-refractivity contribution >= 4 is 11.7 Å². The average molecular weight is 430 g/mol. The Kier molecular flexibility index (Phi) is 4.58. The first-order chi connectivity index (χ1) is 15.4. The topological polar surface area (TPSA) is 103 Å². The van der Waals surface area contributed by atoms with Crippen LogP contribution in [0, 0.1) is 0 Å². The Morgan fingerprint density at radius 3 is 2.59 bits per heavy atom. The molecule has 0 amide bonds. The molecule has 5 rings (SSSR count). The molecule has 9 heteroatoms. The van der Waals surface area contributed by atoms with E-state index in [2.05, 4.69) is 5.32 Å². The molecule has 0 aliphatic carbocycles. The van der Waals surface area contributed by atoms with Crippen molar-refractivity contribution in [2.75, 3.05) is 5.32 Å². The van der Waals surface area contributed by atoms with Crippen molar-refractivity contribution in [3.63, 3.8) is 0 Å². The van der Waals surface area contributed by atoms with Gasteiger partial charge in [-0.1, -0.05) is 30.3 Å². The predicted octanol–water partition coefficient (Wildman–Crippen LogP) is 1.37. The summed E-state index contributed by atoms with van der Waals surface area (Å²) in [4.78, 5) is 43.2. The van der Waals surface area contributed by atoms with Crippen LogP contribution in [0.3, 0.4) is 0 Å². The maximum atomic E-state index is 13.3. The van der Waals surface area contributed by atoms with Gasteiger partial charge in [0, 0.05) is 25.9 Å². The molecule has 1 atom stereocenters. The van der Waals surface area contributed by atoms with Gasteiger partial charge >= 0.3 is 17.4 Å². The van der Waals surface area contributed by atoms with Crippen molar-refractivity contribution in [3.8, 4) is 22.5 Å². The minimum absolute atomic E-state index is 0.182. The lowest BCUT2D eigenvalue weighted by Crippen LogP contribution is -2.44. The Labute approximate surface area is 182 Å². The molecule has 1 aliphatic heterocycles. The number of fused-ring (bicyclic) bond motifs is 1. The molecule has 0 radical (unpaired) electrons. The third-order valence-electron chi connectivity index (χ3n) is 5.55. The number of aromatic nitrogens is 4. The van der Waals surface area contributed by atoms with Gasteiger partial charge in [-0.3, -0.25) is 14.7 Å². The number of benzene rings is 1. The number of nitrogens with one attached hydrogen (secondary N) is 1. The summed E-state index contributed by atoms with van der Waals surface area (Å²) in [5.41, 5.74) is 0.925. The fraction of sp³-hybridized carbons (Fsp3) is 0.174. The third kappa shape index (κ3) is 3.15. The van der Waals surface area contributed by atoms with Gasteiger partial charge in [0.05, 0.1) is 18.2 Å². The van der Waals surface area contributed by atoms with E-state index in [9.17, 15) is 14.4 Å². The number of rotatable bonds is 4. The van der Waals surface area contributed by atoms with Crippen molar-refractivity contribution in [2.24, 2.45) is 14.1 Å². The molecule has 0 spiro atoms. The van der Waals surface area contributed by atoms with Crippen LogP contribution in [0.2, 0.25) is 0 Å². The van der Waals surface area contributed by atoms with Gasteiger partial charge in [0.2, 0.25) is 6.04 Å². The van der Waals surface area contributed by atoms with E-state index in [0.29, 0.717) is 29.4 Å². The van der Waals surface area contributed by atoms with E-state index in [1.807, 2.05) is 30.3 Å². The van der Waals surface area contributed by atoms with Gasteiger partial charge in [-0.2, -0.15) is 4.57 Å². The maximum Gasteiger partial charge on any atom is 0.359 e. The van der Waals surface area contributed by atoms with E-state index in [1.54, 1.807) is 31.6 Å². The first kappa shape index (κ1) is 19.7. The fourth-order valence-corrected chi connectivity index (χ4v) is 3.88. The van der Waals surface area contributed by atoms with Gasteiger partial charge in [0.25, 0.3) is 5.56 Å². The van der Waals surface area contributed by atoms with Crippen LogP contribution in [0.4, 0.5) is 5.82 Å². The summed E-state index contributed by atoms with van der Waals surface area (Å²) in [6.45, 7) is 0. The van der Waals surface area contributed by atoms with Crippen molar-refractivity contribution in [1.82, 2.24) is 14.1 Å². The molecule has 0 saturated heterocycles. The van der Waals surface area contributed by atoms with Gasteiger partial charge < -0.3 is 8.98 Å². The molecule has 0 fully saturated rings. The monoisotopic (exact) mass is 430 g/mol. The van der Waals surface area contributed by atoms with E-state index in [0.717, 1.165) is 10.1 Å². The standard InChI is InChI=1S/C23H19N5O4/c1-26-12-16(21(29)27(2)23(26)31)19-20-25-17(11-15-9-6-10-32-15)22(30)28(20)13-18(24-19)14-7-4-3-5-8-14/h3-10,12-13,17H,11H2,1-2H3/p+1. The van der Waals surface area contributed by atoms with E-state index in [1.165, 1.54) is 22.4 Å². The molecule has 1 unspecified atom stereocenters. The molecule has 1 aromatic carbocycles. The van der Waals surface area contributed by atoms with Crippen molar-refractivity contribution in [3.05, 3.63) is 87.7 Å². The largest absolute Gasteiger partial charge is 0.469 e. The number of hydrogen-bond acceptors (Lipinski definition) is 6. The maximum absolute atomic E-state index is 13.3. The number of anilines is 1. The van der Waals surface area contributed by atoms with Gasteiger partial charge in [0.15, 0.2) is 5.69 Å². The molecular formula is C23H20N5O4+. The van der Waals surface area contributed by atoms with E-state index in [-0.39, 0.29) is 11.5 Å². The number of aryl methyl sites for hydroxylation is 1. The quantitative estimate of drug-likeness (QED) is 0.491. The highest BCUT2D eigenvalue weighted by Crippen LogP contribution is 2.28. The van der Waals surface area contributed by atoms with Crippen LogP contribution in [-0.4, -0.2) is 26.1 Å². The number of carbonyl (C=O) groups is 1. The lowest BCUT2D eigenvalue weighted by Gasteiger charge is -2.09. The number of hydrogen-bond donors (Lipinski definition) is 1. The molecule has 4 aromatic rings. The lowest BCUT2D eigenvalue weighted by atomic mass is 10.1. The van der Waals surface area contributed by atoms with Crippen LogP contribution in [0.25, 0.3) is 22.5 Å². The van der Waals surface area contributed by atoms with Crippen LogP contribution < -0.4 is 21.1 Å². The van der Waals surface area contributed by atoms with Gasteiger partial charge in [-0.15, -0.1) is 0 Å². The van der Waals surface area contributed by atoms with Gasteiger partial charge in [0.1, 0.15) is 17.7 Å². The Morgan fingerprint density at radius 1 is 1.09 bits per heavy atom. The van der Waals surface area contributed by atoms with Crippen molar-refractivity contribution < 1.29 is 13.8 Å². The van der Waals surface area contributed by atoms with Crippen LogP contribution >= 0.6 is 0 Å². The highest BCUT2D eigenvalue weighted by atomic mass is 16.3. The molecule has 1 N–H and O–H groups in total. The first-order valence-electron chi connectivity index (χ1n) is 10.1. The predicted molar refractivity (Wildman–Crippen MR) is 116 cm³/mol. The number of carbonyl (C=O) groups excluding carboxylic acids is 1. The van der Waals surface area contributed by atoms with E-state index in [4.69, 9.17) is 9.40 Å². The summed E-state index contributed by atoms with van der Waals surface area (Å²) in [7, 11) is 2.98. The highest BCUT2D eigenvalue weighted by molar-refractivity contribution is 5.86. The molecule has 32 heavy (non-hydrogen) atoms. The number of nitrogens with zero attached hydrogens (tertiary/aromatic N) is 4. The summed E-state index contributed by atoms with van der Waals surface area (Å²) in [5.74, 6) is 0.890. The molecular weight excluding hydrogens is 410 g/mol. The fourth-order valence-electron chi connectivity index (χ4n) is 3.88. The zero-order valence-corrected chi connectivity index (χ0v) is 17.5. The summed E-state index contributed by atoms with van der Waals surface area (Å²) >= 11 is 0. The summed E-state index contributed by atoms with van der Waals surface area (Å²) in [6.07, 6.45) is 5.02. The van der Waals surface area contributed by atoms with Crippen molar-refractivity contribution in [1.29, 1.82) is 0 Å². The zero-order valence-electron chi connectivity index (χ0n) is 17.5.